The minimum atomic E-state index is -0.759. The molecule has 3 aliphatic rings. The normalized spacial score (nSPS) is 27.7. The van der Waals surface area contributed by atoms with Gasteiger partial charge in [-0.1, -0.05) is 68.8 Å². The van der Waals surface area contributed by atoms with E-state index in [-0.39, 0.29) is 5.78 Å². The Bertz CT molecular complexity index is 1370. The van der Waals surface area contributed by atoms with Crippen LogP contribution in [0.15, 0.2) is 60.8 Å². The molecule has 2 bridgehead atoms. The van der Waals surface area contributed by atoms with Crippen molar-refractivity contribution in [1.29, 1.82) is 0 Å². The average molecular weight is 649 g/mol. The van der Waals surface area contributed by atoms with Gasteiger partial charge in [-0.05, 0) is 123 Å². The van der Waals surface area contributed by atoms with Gasteiger partial charge < -0.3 is 9.80 Å². The van der Waals surface area contributed by atoms with Crippen LogP contribution < -0.4 is 4.90 Å². The molecule has 0 saturated heterocycles. The van der Waals surface area contributed by atoms with Gasteiger partial charge in [0, 0.05) is 49.0 Å². The number of ketones is 1. The minimum absolute atomic E-state index is 0.151. The van der Waals surface area contributed by atoms with Crippen molar-refractivity contribution in [3.05, 3.63) is 88.1 Å². The number of hydrogen-bond acceptors (Lipinski definition) is 5. The summed E-state index contributed by atoms with van der Waals surface area (Å²) in [7, 11) is 2.10. The van der Waals surface area contributed by atoms with Gasteiger partial charge in [0.1, 0.15) is 5.78 Å². The lowest BCUT2D eigenvalue weighted by atomic mass is 9.66. The fourth-order valence-corrected chi connectivity index (χ4v) is 8.30. The van der Waals surface area contributed by atoms with Crippen LogP contribution in [0.3, 0.4) is 0 Å². The van der Waals surface area contributed by atoms with Crippen molar-refractivity contribution in [2.45, 2.75) is 96.8 Å². The summed E-state index contributed by atoms with van der Waals surface area (Å²) in [5.41, 5.74) is 6.81. The molecular formula is C39H53ClN2O2S. The molecule has 5 rings (SSSR count). The first kappa shape index (κ1) is 35.4. The Balaban J connectivity index is 0.00000226. The lowest BCUT2D eigenvalue weighted by Crippen LogP contribution is -2.43. The van der Waals surface area contributed by atoms with Crippen LogP contribution in [0.1, 0.15) is 101 Å². The van der Waals surface area contributed by atoms with Crippen LogP contribution in [0.2, 0.25) is 5.02 Å². The molecule has 1 fully saturated rings. The Morgan fingerprint density at radius 1 is 1.09 bits per heavy atom. The smallest absolute Gasteiger partial charge is 0.197 e. The van der Waals surface area contributed by atoms with Crippen LogP contribution in [-0.4, -0.2) is 41.6 Å². The first-order valence-electron chi connectivity index (χ1n) is 17.1. The second-order valence-electron chi connectivity index (χ2n) is 13.8. The van der Waals surface area contributed by atoms with Crippen LogP contribution in [0.5, 0.6) is 0 Å². The van der Waals surface area contributed by atoms with Crippen LogP contribution in [-0.2, 0) is 35.6 Å². The van der Waals surface area contributed by atoms with Crippen LogP contribution in [0.25, 0.3) is 0 Å². The van der Waals surface area contributed by atoms with Gasteiger partial charge in [0.05, 0.1) is 5.41 Å². The first-order chi connectivity index (χ1) is 21.7. The van der Waals surface area contributed by atoms with E-state index in [1.807, 2.05) is 0 Å². The van der Waals surface area contributed by atoms with E-state index < -0.39 is 5.41 Å². The average Bonchev–Trinajstić information content (AvgIpc) is 3.21. The number of likely N-dealkylation sites (N-methyl/N-ethyl adjacent to an activating group) is 1. The summed E-state index contributed by atoms with van der Waals surface area (Å²) in [6, 6.07) is 13.5. The van der Waals surface area contributed by atoms with Gasteiger partial charge in [-0.2, -0.15) is 4.21 Å². The predicted octanol–water partition coefficient (Wildman–Crippen LogP) is 9.19. The Morgan fingerprint density at radius 3 is 2.53 bits per heavy atom. The van der Waals surface area contributed by atoms with Crippen molar-refractivity contribution in [3.8, 4) is 0 Å². The van der Waals surface area contributed by atoms with Gasteiger partial charge in [0.15, 0.2) is 12.5 Å². The second-order valence-corrected chi connectivity index (χ2v) is 14.2. The highest BCUT2D eigenvalue weighted by Crippen LogP contribution is 2.45. The highest BCUT2D eigenvalue weighted by atomic mass is 35.5. The van der Waals surface area contributed by atoms with Crippen LogP contribution >= 0.6 is 11.6 Å². The molecule has 5 unspecified atom stereocenters. The summed E-state index contributed by atoms with van der Waals surface area (Å²) in [6.07, 6.45) is 15.3. The van der Waals surface area contributed by atoms with Gasteiger partial charge in [0.2, 0.25) is 0 Å². The van der Waals surface area contributed by atoms with Crippen molar-refractivity contribution < 1.29 is 9.00 Å². The number of anilines is 1. The summed E-state index contributed by atoms with van der Waals surface area (Å²) in [5.74, 6) is 2.69. The zero-order valence-electron chi connectivity index (χ0n) is 28.1. The molecule has 0 spiro atoms. The standard InChI is InChI=1S/C39H53ClN2O.OS/c1-7-12-31-23-35(40)19-21-37(31)32-15-14-30-16-18-34-24-38(30)42(25-32)26-33-17-20-36(33)29(8-2)13-10-9-11-22-41(6)27(3)39(34,5)28(4)43;1-2/h10,13,16,18-19,21,23-24,29,32-33,36H,3,7-9,11-12,14-15,17,20,22,25-26H2,1-2,4-6H3;/b13-10+;. The molecule has 2 aromatic rings. The van der Waals surface area contributed by atoms with Gasteiger partial charge in [-0.3, -0.25) is 4.79 Å². The number of nitrogens with zero attached hydrogens (tertiary/aromatic N) is 2. The van der Waals surface area contributed by atoms with Crippen molar-refractivity contribution in [2.24, 2.45) is 17.8 Å². The number of carbonyl (C=O) groups excluding carboxylic acids is 1. The predicted molar refractivity (Wildman–Crippen MR) is 191 cm³/mol. The topological polar surface area (TPSA) is 40.6 Å². The molecule has 0 amide bonds. The molecule has 5 atom stereocenters. The number of hydrogen-bond donors (Lipinski definition) is 0. The molecular weight excluding hydrogens is 596 g/mol. The molecule has 0 N–H and O–H groups in total. The number of carbonyl (C=O) groups is 1. The van der Waals surface area contributed by atoms with E-state index >= 15 is 0 Å². The summed E-state index contributed by atoms with van der Waals surface area (Å²) < 4.78 is 7.83. The monoisotopic (exact) mass is 648 g/mol. The van der Waals surface area contributed by atoms with Gasteiger partial charge in [0.25, 0.3) is 0 Å². The fourth-order valence-electron chi connectivity index (χ4n) is 8.11. The van der Waals surface area contributed by atoms with Crippen LogP contribution in [0, 0.1) is 17.8 Å². The van der Waals surface area contributed by atoms with Crippen molar-refractivity contribution >= 4 is 35.6 Å². The maximum Gasteiger partial charge on any atom is 0.197 e. The van der Waals surface area contributed by atoms with Crippen molar-refractivity contribution in [1.82, 2.24) is 4.90 Å². The van der Waals surface area contributed by atoms with Crippen LogP contribution in [0.4, 0.5) is 5.69 Å². The highest BCUT2D eigenvalue weighted by Gasteiger charge is 2.40. The summed E-state index contributed by atoms with van der Waals surface area (Å²) in [5, 5.41) is 0.837. The summed E-state index contributed by atoms with van der Waals surface area (Å²) >= 11 is 9.33. The summed E-state index contributed by atoms with van der Waals surface area (Å²) in [4.78, 5) is 18.4. The Kier molecular flexibility index (Phi) is 12.5. The molecule has 2 aliphatic heterocycles. The molecule has 2 aromatic carbocycles. The first-order valence-corrected chi connectivity index (χ1v) is 17.8. The highest BCUT2D eigenvalue weighted by molar-refractivity contribution is 7.44. The third kappa shape index (κ3) is 7.57. The SMILES string of the molecule is C=C1N(C)CCC/C=C/C(CC)C2CCC2CN2CC(c3ccc(Cl)cc3CCC)CCc3ccc(cc32)C1(C)C(C)=O.O=S. The lowest BCUT2D eigenvalue weighted by molar-refractivity contribution is -0.121. The number of fused-ring (bicyclic) bond motifs is 2. The Labute approximate surface area is 282 Å². The maximum atomic E-state index is 13.5. The van der Waals surface area contributed by atoms with E-state index in [1.54, 1.807) is 6.92 Å². The van der Waals surface area contributed by atoms with E-state index in [2.05, 4.69) is 105 Å². The number of rotatable bonds is 5. The summed E-state index contributed by atoms with van der Waals surface area (Å²) in [6.45, 7) is 15.9. The quantitative estimate of drug-likeness (QED) is 0.302. The zero-order valence-corrected chi connectivity index (χ0v) is 29.7. The molecule has 45 heavy (non-hydrogen) atoms. The Hall–Kier alpha value is -2.50. The van der Waals surface area contributed by atoms with Crippen molar-refractivity contribution in [2.75, 3.05) is 31.6 Å². The van der Waals surface area contributed by atoms with E-state index in [1.165, 1.54) is 41.6 Å². The molecule has 244 valence electrons. The zero-order chi connectivity index (χ0) is 32.7. The molecule has 0 radical (unpaired) electrons. The third-order valence-electron chi connectivity index (χ3n) is 11.2. The van der Waals surface area contributed by atoms with Gasteiger partial charge in [-0.15, -0.1) is 0 Å². The third-order valence-corrected chi connectivity index (χ3v) is 11.4. The molecule has 6 heteroatoms. The molecule has 1 aliphatic carbocycles. The van der Waals surface area contributed by atoms with Crippen molar-refractivity contribution in [3.63, 3.8) is 0 Å². The molecule has 4 nitrogen and oxygen atoms in total. The number of allylic oxidation sites excluding steroid dienone is 3. The van der Waals surface area contributed by atoms with Gasteiger partial charge in [-0.25, -0.2) is 0 Å². The fraction of sp³-hybridized carbons (Fsp3) is 0.564. The second kappa shape index (κ2) is 15.9. The molecule has 1 saturated carbocycles. The van der Waals surface area contributed by atoms with E-state index in [0.717, 1.165) is 80.4 Å². The number of halogens is 1. The van der Waals surface area contributed by atoms with E-state index in [9.17, 15) is 4.79 Å². The largest absolute Gasteiger partial charge is 0.377 e. The maximum absolute atomic E-state index is 13.5. The van der Waals surface area contributed by atoms with Gasteiger partial charge >= 0.3 is 0 Å². The molecule has 0 aromatic heterocycles. The van der Waals surface area contributed by atoms with E-state index in [0.29, 0.717) is 17.8 Å². The van der Waals surface area contributed by atoms with E-state index in [4.69, 9.17) is 15.8 Å². The molecule has 2 heterocycles. The number of aryl methyl sites for hydroxylation is 2. The number of Topliss-reactive ketones (excluding diaryl/α,β-unsaturated/α-hetero) is 1. The number of benzene rings is 2. The Morgan fingerprint density at radius 2 is 1.87 bits per heavy atom. The lowest BCUT2D eigenvalue weighted by Gasteiger charge is -2.45. The minimum Gasteiger partial charge on any atom is -0.377 e.